The molecule has 0 aromatic carbocycles. The first kappa shape index (κ1) is 2.63. The molecule has 0 saturated heterocycles. The van der Waals surface area contributed by atoms with Crippen molar-refractivity contribution in [2.45, 2.75) is 0 Å². The van der Waals surface area contributed by atoms with Gasteiger partial charge in [-0.1, -0.05) is 5.22 Å². The van der Waals surface area contributed by atoms with E-state index in [1.165, 1.54) is 0 Å². The van der Waals surface area contributed by atoms with Gasteiger partial charge < -0.3 is 0 Å². The number of hydrogen-bond donors (Lipinski definition) is 1. The lowest BCUT2D eigenvalue weighted by atomic mass is 10.7. The van der Waals surface area contributed by atoms with Gasteiger partial charge in [0.25, 0.3) is 0 Å². The van der Waals surface area contributed by atoms with Gasteiger partial charge in [0, 0.05) is 0 Å². The van der Waals surface area contributed by atoms with Crippen LogP contribution in [-0.2, 0) is 0 Å². The zero-order valence-corrected chi connectivity index (χ0v) is 2.60. The Balaban J connectivity index is 2.32. The molecule has 1 aliphatic rings. The Morgan fingerprint density at radius 3 is 3.00 bits per heavy atom. The summed E-state index contributed by atoms with van der Waals surface area (Å²) in [6, 6.07) is 0. The molecule has 0 amide bonds. The van der Waals surface area contributed by atoms with Gasteiger partial charge in [0.2, 0.25) is 0 Å². The van der Waals surface area contributed by atoms with Crippen molar-refractivity contribution >= 4 is 0 Å². The average molecular weight is 69.1 g/mol. The fourth-order valence-corrected chi connectivity index (χ4v) is 0.177. The Morgan fingerprint density at radius 1 is 1.80 bits per heavy atom. The van der Waals surface area contributed by atoms with Crippen LogP contribution in [0.25, 0.3) is 0 Å². The van der Waals surface area contributed by atoms with Gasteiger partial charge in [-0.15, -0.1) is 0 Å². The molecule has 1 rings (SSSR count). The van der Waals surface area contributed by atoms with Gasteiger partial charge in [0.1, 0.15) is 0 Å². The molecule has 0 aliphatic carbocycles. The summed E-state index contributed by atoms with van der Waals surface area (Å²) in [5.74, 6) is 0. The molecule has 1 heterocycles. The maximum atomic E-state index is 3.35. The van der Waals surface area contributed by atoms with Crippen LogP contribution in [0, 0.1) is 6.54 Å². The van der Waals surface area contributed by atoms with E-state index in [9.17, 15) is 0 Å². The second kappa shape index (κ2) is 1.01. The van der Waals surface area contributed by atoms with Crippen LogP contribution in [0.2, 0.25) is 0 Å². The number of nitrogens with one attached hydrogen (secondary N) is 1. The number of hydrogen-bond acceptors (Lipinski definition) is 3. The monoisotopic (exact) mass is 69.0 g/mol. The van der Waals surface area contributed by atoms with Gasteiger partial charge in [-0.2, -0.15) is 5.11 Å². The topological polar surface area (TPSA) is 36.8 Å². The minimum atomic E-state index is 0.667. The molecule has 0 atom stereocenters. The SMILES string of the molecule is [C]1CNN=N1. The quantitative estimate of drug-likeness (QED) is 0.427. The second-order valence-corrected chi connectivity index (χ2v) is 0.693. The first-order chi connectivity index (χ1) is 2.50. The van der Waals surface area contributed by atoms with Crippen molar-refractivity contribution < 1.29 is 0 Å². The van der Waals surface area contributed by atoms with Crippen LogP contribution < -0.4 is 5.43 Å². The largest absolute Gasteiger partial charge is 0.289 e. The zero-order chi connectivity index (χ0) is 3.54. The Hall–Kier alpha value is -0.600. The molecule has 0 aromatic rings. The molecule has 0 saturated carbocycles. The molecular weight excluding hydrogens is 66.0 g/mol. The highest BCUT2D eigenvalue weighted by atomic mass is 15.5. The summed E-state index contributed by atoms with van der Waals surface area (Å²) in [4.78, 5) is 0. The van der Waals surface area contributed by atoms with Crippen molar-refractivity contribution in [2.75, 3.05) is 6.54 Å². The maximum absolute atomic E-state index is 3.35. The van der Waals surface area contributed by atoms with Gasteiger partial charge in [0.15, 0.2) is 6.54 Å². The highest BCUT2D eigenvalue weighted by Gasteiger charge is 1.87. The molecule has 0 aromatic heterocycles. The van der Waals surface area contributed by atoms with Crippen LogP contribution in [0.3, 0.4) is 0 Å². The van der Waals surface area contributed by atoms with E-state index in [0.717, 1.165) is 0 Å². The molecule has 26 valence electrons. The first-order valence-electron chi connectivity index (χ1n) is 1.35. The molecule has 1 N–H and O–H groups in total. The third-order valence-electron chi connectivity index (χ3n) is 0.350. The lowest BCUT2D eigenvalue weighted by Crippen LogP contribution is -1.96. The van der Waals surface area contributed by atoms with E-state index < -0.39 is 0 Å². The van der Waals surface area contributed by atoms with Gasteiger partial charge in [-0.05, 0) is 0 Å². The van der Waals surface area contributed by atoms with E-state index in [1.807, 2.05) is 0 Å². The van der Waals surface area contributed by atoms with Gasteiger partial charge >= 0.3 is 0 Å². The third kappa shape index (κ3) is 0.344. The third-order valence-corrected chi connectivity index (χ3v) is 0.350. The summed E-state index contributed by atoms with van der Waals surface area (Å²) < 4.78 is 0. The van der Waals surface area contributed by atoms with Crippen LogP contribution in [0.1, 0.15) is 0 Å². The van der Waals surface area contributed by atoms with Crippen LogP contribution in [-0.4, -0.2) is 6.54 Å². The molecule has 0 unspecified atom stereocenters. The summed E-state index contributed by atoms with van der Waals surface area (Å²) in [6.45, 7) is 3.24. The van der Waals surface area contributed by atoms with Crippen LogP contribution in [0.15, 0.2) is 10.3 Å². The Morgan fingerprint density at radius 2 is 2.80 bits per heavy atom. The molecule has 3 heteroatoms. The van der Waals surface area contributed by atoms with Crippen molar-refractivity contribution in [1.82, 2.24) is 5.43 Å². The molecule has 5 heavy (non-hydrogen) atoms. The van der Waals surface area contributed by atoms with Crippen molar-refractivity contribution in [3.63, 3.8) is 0 Å². The summed E-state index contributed by atoms with van der Waals surface area (Å²) in [6.07, 6.45) is 0. The van der Waals surface area contributed by atoms with Gasteiger partial charge in [-0.3, -0.25) is 5.43 Å². The normalized spacial score (nSPS) is 19.2. The van der Waals surface area contributed by atoms with Crippen molar-refractivity contribution in [3.05, 3.63) is 6.54 Å². The Bertz CT molecular complexity index is 42.9. The van der Waals surface area contributed by atoms with E-state index in [2.05, 4.69) is 22.3 Å². The van der Waals surface area contributed by atoms with Crippen molar-refractivity contribution in [2.24, 2.45) is 10.3 Å². The smallest absolute Gasteiger partial charge is 0.165 e. The van der Waals surface area contributed by atoms with E-state index >= 15 is 0 Å². The van der Waals surface area contributed by atoms with E-state index in [4.69, 9.17) is 0 Å². The van der Waals surface area contributed by atoms with Crippen LogP contribution >= 0.6 is 0 Å². The summed E-state index contributed by atoms with van der Waals surface area (Å²) >= 11 is 0. The predicted octanol–water partition coefficient (Wildman–Crippen LogP) is -0.00441. The summed E-state index contributed by atoms with van der Waals surface area (Å²) in [5.41, 5.74) is 2.57. The summed E-state index contributed by atoms with van der Waals surface area (Å²) in [5, 5.41) is 6.69. The molecular formula is C2H3N3. The first-order valence-corrected chi connectivity index (χ1v) is 1.35. The standard InChI is InChI=1S/C2H3N3/c1-2-4-5-3-1/h1H2,(H,3,4). The number of rotatable bonds is 0. The predicted molar refractivity (Wildman–Crippen MR) is 16.1 cm³/mol. The van der Waals surface area contributed by atoms with Crippen LogP contribution in [0.4, 0.5) is 0 Å². The lowest BCUT2D eigenvalue weighted by Gasteiger charge is -1.71. The van der Waals surface area contributed by atoms with Gasteiger partial charge in [0.05, 0.1) is 6.54 Å². The molecule has 0 bridgehead atoms. The average Bonchev–Trinajstić information content (AvgIpc) is 1.76. The lowest BCUT2D eigenvalue weighted by molar-refractivity contribution is 0.839. The van der Waals surface area contributed by atoms with Gasteiger partial charge in [-0.25, -0.2) is 0 Å². The zero-order valence-electron chi connectivity index (χ0n) is 2.60. The Kier molecular flexibility index (Phi) is 0.532. The minimum Gasteiger partial charge on any atom is -0.289 e. The van der Waals surface area contributed by atoms with E-state index in [0.29, 0.717) is 6.54 Å². The Labute approximate surface area is 30.1 Å². The fourth-order valence-electron chi connectivity index (χ4n) is 0.177. The fraction of sp³-hybridized carbons (Fsp3) is 0.500. The molecule has 3 nitrogen and oxygen atoms in total. The molecule has 0 spiro atoms. The molecule has 1 aliphatic heterocycles. The maximum Gasteiger partial charge on any atom is 0.165 e. The van der Waals surface area contributed by atoms with E-state index in [1.54, 1.807) is 0 Å². The van der Waals surface area contributed by atoms with Crippen LogP contribution in [0.5, 0.6) is 0 Å². The van der Waals surface area contributed by atoms with E-state index in [-0.39, 0.29) is 0 Å². The molecule has 0 fully saturated rings. The van der Waals surface area contributed by atoms with Crippen molar-refractivity contribution in [1.29, 1.82) is 0 Å². The summed E-state index contributed by atoms with van der Waals surface area (Å²) in [7, 11) is 0. The highest BCUT2D eigenvalue weighted by Crippen LogP contribution is 1.83. The molecule has 2 radical (unpaired) electrons. The number of nitrogens with zero attached hydrogens (tertiary/aromatic N) is 2. The minimum absolute atomic E-state index is 0.667. The highest BCUT2D eigenvalue weighted by molar-refractivity contribution is 4.63. The van der Waals surface area contributed by atoms with Crippen molar-refractivity contribution in [3.8, 4) is 0 Å². The second-order valence-electron chi connectivity index (χ2n) is 0.693.